The number of nitrogens with one attached hydrogen (secondary N) is 1. The number of ether oxygens (including phenoxy) is 2. The average molecular weight is 479 g/mol. The normalized spacial score (nSPS) is 12.7. The quantitative estimate of drug-likeness (QED) is 0.408. The second-order valence-corrected chi connectivity index (χ2v) is 6.72. The highest BCUT2D eigenvalue weighted by Crippen LogP contribution is 2.27. The van der Waals surface area contributed by atoms with Crippen LogP contribution < -0.4 is 20.5 Å². The number of pyridine rings is 2. The van der Waals surface area contributed by atoms with Crippen LogP contribution in [0.2, 0.25) is 1.41 Å². The Hall–Kier alpha value is -4.42. The van der Waals surface area contributed by atoms with Crippen LogP contribution in [0.4, 0.5) is 23.5 Å². The number of amides is 1. The molecule has 0 saturated heterocycles. The number of hydrogen-bond donors (Lipinski definition) is 2. The van der Waals surface area contributed by atoms with Crippen molar-refractivity contribution in [1.82, 2.24) is 24.9 Å². The number of nitrogens with two attached hydrogens (primary N) is 1. The summed E-state index contributed by atoms with van der Waals surface area (Å²) in [5.74, 6) is -3.36. The van der Waals surface area contributed by atoms with Crippen molar-refractivity contribution in [1.29, 1.82) is 0 Å². The van der Waals surface area contributed by atoms with E-state index in [9.17, 15) is 22.4 Å². The summed E-state index contributed by atoms with van der Waals surface area (Å²) < 4.78 is 86.9. The van der Waals surface area contributed by atoms with Gasteiger partial charge in [0, 0.05) is 30.0 Å². The fourth-order valence-corrected chi connectivity index (χ4v) is 2.96. The Bertz CT molecular complexity index is 1520. The maximum Gasteiger partial charge on any atom is 0.573 e. The van der Waals surface area contributed by atoms with Crippen LogP contribution in [-0.2, 0) is 6.54 Å². The van der Waals surface area contributed by atoms with E-state index in [1.165, 1.54) is 22.8 Å². The number of halogens is 4. The van der Waals surface area contributed by atoms with E-state index < -0.39 is 59.6 Å². The summed E-state index contributed by atoms with van der Waals surface area (Å²) in [5.41, 5.74) is 5.06. The van der Waals surface area contributed by atoms with Gasteiger partial charge >= 0.3 is 6.36 Å². The third kappa shape index (κ3) is 4.98. The van der Waals surface area contributed by atoms with Crippen molar-refractivity contribution in [3.63, 3.8) is 0 Å². The minimum Gasteiger partial charge on any atom is -0.480 e. The fourth-order valence-electron chi connectivity index (χ4n) is 2.96. The third-order valence-electron chi connectivity index (χ3n) is 4.43. The van der Waals surface area contributed by atoms with Gasteiger partial charge < -0.3 is 20.5 Å². The van der Waals surface area contributed by atoms with E-state index in [4.69, 9.17) is 14.6 Å². The zero-order chi connectivity index (χ0) is 27.1. The highest BCUT2D eigenvalue weighted by Gasteiger charge is 2.31. The first-order valence-electron chi connectivity index (χ1n) is 10.8. The highest BCUT2D eigenvalue weighted by atomic mass is 19.4. The van der Waals surface area contributed by atoms with Gasteiger partial charge in [0.1, 0.15) is 17.1 Å². The van der Waals surface area contributed by atoms with Crippen molar-refractivity contribution in [3.8, 4) is 22.8 Å². The second kappa shape index (κ2) is 8.84. The van der Waals surface area contributed by atoms with Gasteiger partial charge in [-0.2, -0.15) is 4.98 Å². The molecule has 4 aromatic rings. The van der Waals surface area contributed by atoms with Crippen molar-refractivity contribution in [2.75, 3.05) is 12.8 Å². The summed E-state index contributed by atoms with van der Waals surface area (Å²) in [7, 11) is 1.13. The smallest absolute Gasteiger partial charge is 0.480 e. The molecular weight excluding hydrogens is 460 g/mol. The van der Waals surface area contributed by atoms with Crippen molar-refractivity contribution < 1.29 is 36.0 Å². The Morgan fingerprint density at radius 1 is 1.29 bits per heavy atom. The second-order valence-electron chi connectivity index (χ2n) is 6.72. The monoisotopic (exact) mass is 479 g/mol. The lowest BCUT2D eigenvalue weighted by Crippen LogP contribution is -2.24. The molecule has 13 heteroatoms. The standard InChI is InChI=1S/C21H16F4N6O3/c1-33-19-15(7-12(9-28-19)11-4-5-31-17(8-11)29-20(26)30-31)18(32)27-10-13-6-14(2-3-16(13)22)34-21(23,24)25/h2-9H,10H2,1H3,(H2,26,30)(H,27,32)/i7D,9D/hD. The van der Waals surface area contributed by atoms with E-state index in [1.54, 1.807) is 0 Å². The first-order chi connectivity index (χ1) is 17.4. The Balaban J connectivity index is 1.72. The molecule has 3 N–H and O–H groups in total. The number of rotatable bonds is 6. The molecule has 0 atom stereocenters. The van der Waals surface area contributed by atoms with Gasteiger partial charge in [0.15, 0.2) is 7.06 Å². The van der Waals surface area contributed by atoms with Crippen molar-refractivity contribution in [2.24, 2.45) is 0 Å². The highest BCUT2D eigenvalue weighted by molar-refractivity contribution is 5.97. The van der Waals surface area contributed by atoms with E-state index in [-0.39, 0.29) is 28.0 Å². The van der Waals surface area contributed by atoms with Gasteiger partial charge in [-0.15, -0.1) is 18.3 Å². The summed E-state index contributed by atoms with van der Waals surface area (Å²) >= 11 is 0. The van der Waals surface area contributed by atoms with E-state index >= 15 is 0 Å². The number of hydrogen-bond acceptors (Lipinski definition) is 7. The molecule has 34 heavy (non-hydrogen) atoms. The largest absolute Gasteiger partial charge is 0.573 e. The molecule has 4 rings (SSSR count). The molecule has 9 nitrogen and oxygen atoms in total. The van der Waals surface area contributed by atoms with Gasteiger partial charge in [-0.25, -0.2) is 13.9 Å². The Kier molecular flexibility index (Phi) is 4.96. The van der Waals surface area contributed by atoms with Gasteiger partial charge in [0.2, 0.25) is 11.8 Å². The number of carbonyl (C=O) groups excluding carboxylic acids is 1. The number of alkyl halides is 3. The Morgan fingerprint density at radius 3 is 2.82 bits per heavy atom. The number of fused-ring (bicyclic) bond motifs is 1. The maximum atomic E-state index is 14.2. The van der Waals surface area contributed by atoms with Gasteiger partial charge in [-0.1, -0.05) is 0 Å². The SMILES string of the molecule is [2H]c1nc(OC)c(C(=O)N([2H])Cc2cc(OC(F)(F)F)ccc2F)c([2H])c1-c1ccn2nc(N)nc2c1. The lowest BCUT2D eigenvalue weighted by Gasteiger charge is -2.13. The van der Waals surface area contributed by atoms with Crippen LogP contribution in [0, 0.1) is 5.82 Å². The Morgan fingerprint density at radius 2 is 2.09 bits per heavy atom. The summed E-state index contributed by atoms with van der Waals surface area (Å²) in [5, 5.41) is 4.15. The number of anilines is 1. The van der Waals surface area contributed by atoms with Crippen molar-refractivity contribution >= 4 is 17.5 Å². The van der Waals surface area contributed by atoms with Gasteiger partial charge in [0.05, 0.1) is 9.85 Å². The van der Waals surface area contributed by atoms with Crippen LogP contribution in [0.1, 0.15) is 18.7 Å². The van der Waals surface area contributed by atoms with Gasteiger partial charge in [-0.05, 0) is 41.9 Å². The third-order valence-corrected chi connectivity index (χ3v) is 4.43. The molecule has 0 aliphatic heterocycles. The molecule has 1 aromatic carbocycles. The first kappa shape index (κ1) is 19.1. The molecule has 3 heterocycles. The average Bonchev–Trinajstić information content (AvgIpc) is 3.18. The van der Waals surface area contributed by atoms with Crippen LogP contribution in [0.15, 0.2) is 48.7 Å². The molecule has 1 amide bonds. The van der Waals surface area contributed by atoms with Crippen molar-refractivity contribution in [3.05, 3.63) is 65.7 Å². The van der Waals surface area contributed by atoms with Gasteiger partial charge in [-0.3, -0.25) is 4.79 Å². The molecule has 0 bridgehead atoms. The van der Waals surface area contributed by atoms with E-state index in [0.717, 1.165) is 13.2 Å². The summed E-state index contributed by atoms with van der Waals surface area (Å²) in [6.07, 6.45) is -3.98. The molecule has 0 saturated carbocycles. The summed E-state index contributed by atoms with van der Waals surface area (Å²) in [6, 6.07) is 4.56. The zero-order valence-corrected chi connectivity index (χ0v) is 17.2. The predicted molar refractivity (Wildman–Crippen MR) is 111 cm³/mol. The molecular formula is C21H16F4N6O3. The Labute approximate surface area is 193 Å². The summed E-state index contributed by atoms with van der Waals surface area (Å²) in [4.78, 5) is 21.1. The molecule has 3 aromatic heterocycles. The molecule has 0 fully saturated rings. The molecule has 176 valence electrons. The van der Waals surface area contributed by atoms with E-state index in [2.05, 4.69) is 19.8 Å². The number of aromatic nitrogens is 4. The molecule has 0 unspecified atom stereocenters. The van der Waals surface area contributed by atoms with Gasteiger partial charge in [0.25, 0.3) is 5.91 Å². The molecule has 0 radical (unpaired) electrons. The predicted octanol–water partition coefficient (Wildman–Crippen LogP) is 3.35. The topological polar surface area (TPSA) is 117 Å². The molecule has 0 aliphatic rings. The van der Waals surface area contributed by atoms with Crippen LogP contribution in [0.3, 0.4) is 0 Å². The first-order valence-corrected chi connectivity index (χ1v) is 9.40. The number of methoxy groups -OCH3 is 1. The van der Waals surface area contributed by atoms with Crippen LogP contribution >= 0.6 is 0 Å². The van der Waals surface area contributed by atoms with Crippen molar-refractivity contribution in [2.45, 2.75) is 12.9 Å². The van der Waals surface area contributed by atoms with Crippen LogP contribution in [0.25, 0.3) is 16.8 Å². The van der Waals surface area contributed by atoms with E-state index in [1.807, 2.05) is 0 Å². The lowest BCUT2D eigenvalue weighted by atomic mass is 10.1. The molecule has 0 aliphatic carbocycles. The van der Waals surface area contributed by atoms with Crippen LogP contribution in [0.5, 0.6) is 11.6 Å². The minimum absolute atomic E-state index is 0.0140. The fraction of sp³-hybridized carbons (Fsp3) is 0.143. The minimum atomic E-state index is -5.03. The molecule has 0 spiro atoms. The number of carbonyl (C=O) groups is 1. The zero-order valence-electron chi connectivity index (χ0n) is 20.2. The van der Waals surface area contributed by atoms with E-state index in [0.29, 0.717) is 12.1 Å². The summed E-state index contributed by atoms with van der Waals surface area (Å²) in [6.45, 7) is -0.800. The lowest BCUT2D eigenvalue weighted by molar-refractivity contribution is -0.274. The van der Waals surface area contributed by atoms with Crippen LogP contribution in [-0.4, -0.2) is 39.0 Å². The number of benzene rings is 1. The number of nitrogen functional groups attached to an aromatic ring is 1. The number of nitrogens with zero attached hydrogens (tertiary/aromatic N) is 4. The maximum absolute atomic E-state index is 14.2.